The molecule has 3 aliphatic rings. The quantitative estimate of drug-likeness (QED) is 0.186. The average Bonchev–Trinajstić information content (AvgIpc) is 3.85. The summed E-state index contributed by atoms with van der Waals surface area (Å²) in [6, 6.07) is 1.65. The number of alkyl carbamates (subject to hydrolysis) is 1. The topological polar surface area (TPSA) is 199 Å². The maximum atomic E-state index is 14.3. The number of hydrogen-bond donors (Lipinski definition) is 4. The standard InChI is InChI=1S/C41H60ClN5O10/c1-23-13-12-15-33(55-9)41(53)22-32(56-39(52)45-41)24(2)28-21-40(28,5)34(20-35(49)47(7)30-18-27(17-23)19-31(54-8)36(30)42)57-38(51)25(3)46(6)37(50)29(44-26(4)48)14-10-11-16-43/h12-13,15,18-19,24-25,28-29,32-34,53H,10-11,14,16-17,20-22,43H2,1-9H3,(H,44,48)(H,45,52)/b15-12+,23-13+/t24-,25-,28?,29+,32?,33-,34+,40-,41+/m1/s1. The van der Waals surface area contributed by atoms with Crippen LogP contribution >= 0.6 is 11.6 Å². The largest absolute Gasteiger partial charge is 0.495 e. The number of amides is 4. The van der Waals surface area contributed by atoms with Crippen LogP contribution in [0.3, 0.4) is 0 Å². The molecule has 0 radical (unpaired) electrons. The summed E-state index contributed by atoms with van der Waals surface area (Å²) in [5.74, 6) is -2.18. The third kappa shape index (κ3) is 10.7. The smallest absolute Gasteiger partial charge is 0.409 e. The number of allylic oxidation sites excluding steroid dienone is 3. The molecule has 4 bridgehead atoms. The summed E-state index contributed by atoms with van der Waals surface area (Å²) in [5.41, 5.74) is 5.20. The lowest BCUT2D eigenvalue weighted by Gasteiger charge is -2.42. The summed E-state index contributed by atoms with van der Waals surface area (Å²) >= 11 is 6.80. The fourth-order valence-corrected chi connectivity index (χ4v) is 8.30. The summed E-state index contributed by atoms with van der Waals surface area (Å²) in [4.78, 5) is 69.5. The number of aliphatic hydroxyl groups is 1. The zero-order valence-corrected chi connectivity index (χ0v) is 35.3. The second-order valence-corrected chi connectivity index (χ2v) is 16.4. The molecule has 4 rings (SSSR count). The first kappa shape index (κ1) is 45.5. The minimum atomic E-state index is -1.80. The van der Waals surface area contributed by atoms with E-state index in [2.05, 4.69) is 10.6 Å². The normalized spacial score (nSPS) is 30.3. The Morgan fingerprint density at radius 3 is 2.54 bits per heavy atom. The van der Waals surface area contributed by atoms with E-state index in [1.165, 1.54) is 44.9 Å². The molecular formula is C41H60ClN5O10. The molecule has 5 N–H and O–H groups in total. The number of carbonyl (C=O) groups excluding carboxylic acids is 5. The molecule has 0 spiro atoms. The van der Waals surface area contributed by atoms with Crippen LogP contribution in [-0.4, -0.2) is 111 Å². The van der Waals surface area contributed by atoms with Gasteiger partial charge in [0.2, 0.25) is 17.7 Å². The van der Waals surface area contributed by atoms with Crippen molar-refractivity contribution in [3.8, 4) is 5.75 Å². The summed E-state index contributed by atoms with van der Waals surface area (Å²) in [7, 11) is 6.00. The van der Waals surface area contributed by atoms with Crippen LogP contribution in [0.4, 0.5) is 10.5 Å². The second-order valence-electron chi connectivity index (χ2n) is 16.0. The van der Waals surface area contributed by atoms with Gasteiger partial charge in [0.25, 0.3) is 0 Å². The Kier molecular flexibility index (Phi) is 15.2. The lowest BCUT2D eigenvalue weighted by Crippen LogP contribution is -2.63. The van der Waals surface area contributed by atoms with Gasteiger partial charge in [-0.1, -0.05) is 49.2 Å². The van der Waals surface area contributed by atoms with Crippen LogP contribution < -0.4 is 26.0 Å². The first-order valence-corrected chi connectivity index (χ1v) is 19.8. The summed E-state index contributed by atoms with van der Waals surface area (Å²) in [6.45, 7) is 9.01. The van der Waals surface area contributed by atoms with Crippen LogP contribution in [0, 0.1) is 17.3 Å². The van der Waals surface area contributed by atoms with Gasteiger partial charge in [-0.3, -0.25) is 19.7 Å². The number of nitrogens with one attached hydrogen (secondary N) is 2. The summed E-state index contributed by atoms with van der Waals surface area (Å²) in [6.07, 6.45) is 4.12. The van der Waals surface area contributed by atoms with E-state index in [9.17, 15) is 29.1 Å². The van der Waals surface area contributed by atoms with Crippen LogP contribution in [0.1, 0.15) is 78.7 Å². The van der Waals surface area contributed by atoms with Gasteiger partial charge in [0, 0.05) is 40.0 Å². The van der Waals surface area contributed by atoms with Crippen molar-refractivity contribution in [2.45, 2.75) is 116 Å². The first-order valence-electron chi connectivity index (χ1n) is 19.4. The predicted molar refractivity (Wildman–Crippen MR) is 214 cm³/mol. The molecule has 57 heavy (non-hydrogen) atoms. The van der Waals surface area contributed by atoms with Gasteiger partial charge in [-0.15, -0.1) is 0 Å². The van der Waals surface area contributed by atoms with E-state index in [4.69, 9.17) is 36.3 Å². The Morgan fingerprint density at radius 2 is 1.91 bits per heavy atom. The average molecular weight is 818 g/mol. The van der Waals surface area contributed by atoms with E-state index in [1.54, 1.807) is 31.3 Å². The molecule has 1 saturated carbocycles. The van der Waals surface area contributed by atoms with Crippen LogP contribution in [0.2, 0.25) is 5.02 Å². The molecule has 9 atom stereocenters. The van der Waals surface area contributed by atoms with Crippen molar-refractivity contribution in [1.82, 2.24) is 15.5 Å². The number of nitrogens with two attached hydrogens (primary N) is 1. The monoisotopic (exact) mass is 817 g/mol. The fraction of sp³-hybridized carbons (Fsp3) is 0.634. The summed E-state index contributed by atoms with van der Waals surface area (Å²) in [5, 5.41) is 17.3. The third-order valence-corrected chi connectivity index (χ3v) is 12.2. The zero-order valence-electron chi connectivity index (χ0n) is 34.6. The lowest BCUT2D eigenvalue weighted by molar-refractivity contribution is -0.163. The highest BCUT2D eigenvalue weighted by atomic mass is 35.5. The Morgan fingerprint density at radius 1 is 1.21 bits per heavy atom. The van der Waals surface area contributed by atoms with E-state index < -0.39 is 65.4 Å². The minimum absolute atomic E-state index is 0.00102. The molecule has 2 heterocycles. The molecule has 15 nitrogen and oxygen atoms in total. The number of benzene rings is 1. The van der Waals surface area contributed by atoms with Crippen molar-refractivity contribution in [3.63, 3.8) is 0 Å². The van der Waals surface area contributed by atoms with Crippen molar-refractivity contribution in [3.05, 3.63) is 46.5 Å². The van der Waals surface area contributed by atoms with Crippen molar-refractivity contribution in [2.24, 2.45) is 23.0 Å². The Labute approximate surface area is 340 Å². The molecule has 2 aliphatic heterocycles. The van der Waals surface area contributed by atoms with E-state index in [-0.39, 0.29) is 35.6 Å². The van der Waals surface area contributed by atoms with Crippen molar-refractivity contribution in [2.75, 3.05) is 39.8 Å². The molecule has 2 unspecified atom stereocenters. The SMILES string of the molecule is COc1cc2cc(c1Cl)N(C)C(=O)C[C@H](OC(=O)[C@@H](C)N(C)C(=O)[C@H](CCCCN)NC(C)=O)[C@]1(C)CC1[C@@H](C)C1C[C@@](O)(NC(=O)O1)[C@H](OC)/C=C/C=C(\C)C2. The number of hydrogen-bond acceptors (Lipinski definition) is 11. The van der Waals surface area contributed by atoms with Gasteiger partial charge in [-0.2, -0.15) is 0 Å². The highest BCUT2D eigenvalue weighted by Gasteiger charge is 2.62. The van der Waals surface area contributed by atoms with E-state index in [0.717, 1.165) is 11.1 Å². The fourth-order valence-electron chi connectivity index (χ4n) is 7.99. The predicted octanol–water partition coefficient (Wildman–Crippen LogP) is 4.02. The van der Waals surface area contributed by atoms with Gasteiger partial charge in [0.05, 0.1) is 19.2 Å². The van der Waals surface area contributed by atoms with Gasteiger partial charge < -0.3 is 44.9 Å². The number of anilines is 1. The molecule has 316 valence electrons. The molecule has 16 heteroatoms. The number of methoxy groups -OCH3 is 2. The molecule has 1 aromatic rings. The van der Waals surface area contributed by atoms with Crippen LogP contribution in [-0.2, 0) is 39.8 Å². The van der Waals surface area contributed by atoms with E-state index in [1.807, 2.05) is 26.8 Å². The van der Waals surface area contributed by atoms with Crippen LogP contribution in [0.5, 0.6) is 5.75 Å². The first-order chi connectivity index (χ1) is 26.8. The number of esters is 1. The molecule has 1 saturated heterocycles. The number of halogens is 1. The van der Waals surface area contributed by atoms with Gasteiger partial charge in [0.15, 0.2) is 5.72 Å². The van der Waals surface area contributed by atoms with Crippen molar-refractivity contribution >= 4 is 47.1 Å². The molecule has 2 fully saturated rings. The molecule has 0 aromatic heterocycles. The zero-order chi connectivity index (χ0) is 42.4. The number of nitrogens with zero attached hydrogens (tertiary/aromatic N) is 2. The van der Waals surface area contributed by atoms with E-state index >= 15 is 0 Å². The van der Waals surface area contributed by atoms with Crippen LogP contribution in [0.25, 0.3) is 0 Å². The van der Waals surface area contributed by atoms with Crippen LogP contribution in [0.15, 0.2) is 35.9 Å². The number of likely N-dealkylation sites (N-methyl/N-ethyl adjacent to an activating group) is 1. The highest BCUT2D eigenvalue weighted by Crippen LogP contribution is 2.61. The Balaban J connectivity index is 1.73. The molecule has 1 aromatic carbocycles. The maximum absolute atomic E-state index is 14.3. The number of ether oxygens (including phenoxy) is 4. The lowest BCUT2D eigenvalue weighted by atomic mass is 9.83. The maximum Gasteiger partial charge on any atom is 0.409 e. The van der Waals surface area contributed by atoms with Gasteiger partial charge >= 0.3 is 12.1 Å². The molecular weight excluding hydrogens is 758 g/mol. The van der Waals surface area contributed by atoms with Crippen molar-refractivity contribution < 1.29 is 48.0 Å². The van der Waals surface area contributed by atoms with E-state index in [0.29, 0.717) is 50.1 Å². The Hall–Kier alpha value is -4.18. The highest BCUT2D eigenvalue weighted by molar-refractivity contribution is 6.35. The number of fused-ring (bicyclic) bond motifs is 5. The molecule has 1 aliphatic carbocycles. The molecule has 4 amide bonds. The second kappa shape index (κ2) is 19.0. The number of carbonyl (C=O) groups is 5. The van der Waals surface area contributed by atoms with Gasteiger partial charge in [-0.05, 0) is 82.0 Å². The van der Waals surface area contributed by atoms with Gasteiger partial charge in [-0.25, -0.2) is 9.59 Å². The summed E-state index contributed by atoms with van der Waals surface area (Å²) < 4.78 is 23.3. The minimum Gasteiger partial charge on any atom is -0.495 e. The van der Waals surface area contributed by atoms with Gasteiger partial charge in [0.1, 0.15) is 41.2 Å². The number of rotatable bonds is 11. The van der Waals surface area contributed by atoms with Crippen molar-refractivity contribution in [1.29, 1.82) is 0 Å². The Bertz CT molecular complexity index is 1740. The third-order valence-electron chi connectivity index (χ3n) is 11.8. The number of unbranched alkanes of at least 4 members (excludes halogenated alkanes) is 1.